The van der Waals surface area contributed by atoms with Gasteiger partial charge in [-0.1, -0.05) is 6.07 Å². The van der Waals surface area contributed by atoms with E-state index in [0.29, 0.717) is 23.5 Å². The number of rotatable bonds is 4. The average Bonchev–Trinajstić information content (AvgIpc) is 2.71. The Labute approximate surface area is 111 Å². The van der Waals surface area contributed by atoms with Gasteiger partial charge in [-0.3, -0.25) is 0 Å². The van der Waals surface area contributed by atoms with Gasteiger partial charge >= 0.3 is 0 Å². The zero-order valence-electron chi connectivity index (χ0n) is 10.4. The summed E-state index contributed by atoms with van der Waals surface area (Å²) in [6, 6.07) is 7.92. The lowest BCUT2D eigenvalue weighted by atomic mass is 10.2. The van der Waals surface area contributed by atoms with Gasteiger partial charge in [0.15, 0.2) is 4.77 Å². The van der Waals surface area contributed by atoms with Crippen LogP contribution in [0.3, 0.4) is 0 Å². The van der Waals surface area contributed by atoms with Crippen molar-refractivity contribution in [2.45, 2.75) is 19.9 Å². The summed E-state index contributed by atoms with van der Waals surface area (Å²) < 4.78 is 8.06. The third kappa shape index (κ3) is 2.17. The van der Waals surface area contributed by atoms with E-state index in [0.717, 1.165) is 11.0 Å². The number of nitrogens with zero attached hydrogens (tertiary/aromatic N) is 2. The Balaban J connectivity index is 2.55. The van der Waals surface area contributed by atoms with Crippen molar-refractivity contribution in [1.29, 1.82) is 5.26 Å². The molecule has 0 amide bonds. The van der Waals surface area contributed by atoms with E-state index in [2.05, 4.69) is 18.0 Å². The van der Waals surface area contributed by atoms with Crippen LogP contribution in [0.5, 0.6) is 0 Å². The Bertz CT molecular complexity index is 650. The predicted octanol–water partition coefficient (Wildman–Crippen LogP) is 3.17. The molecule has 0 saturated heterocycles. The van der Waals surface area contributed by atoms with Crippen molar-refractivity contribution in [1.82, 2.24) is 9.55 Å². The maximum absolute atomic E-state index is 9.08. The number of para-hydroxylation sites is 1. The van der Waals surface area contributed by atoms with Crippen molar-refractivity contribution in [3.63, 3.8) is 0 Å². The van der Waals surface area contributed by atoms with E-state index in [1.807, 2.05) is 23.6 Å². The standard InChI is InChI=1S/C13H15N3OS/c1-3-17-8-9(2)16-11-6-4-5-10(7-14)12(11)15-13(16)18/h4-6,9H,3,8H2,1-2H3,(H,15,18). The van der Waals surface area contributed by atoms with E-state index in [1.165, 1.54) is 0 Å². The minimum atomic E-state index is 0.139. The molecule has 0 bridgehead atoms. The second kappa shape index (κ2) is 5.34. The Hall–Kier alpha value is -1.64. The summed E-state index contributed by atoms with van der Waals surface area (Å²) in [5.41, 5.74) is 2.36. The molecular weight excluding hydrogens is 246 g/mol. The molecule has 2 aromatic rings. The number of aromatic nitrogens is 2. The van der Waals surface area contributed by atoms with E-state index in [-0.39, 0.29) is 6.04 Å². The molecule has 1 atom stereocenters. The van der Waals surface area contributed by atoms with Crippen LogP contribution in [-0.2, 0) is 4.74 Å². The first-order valence-corrected chi connectivity index (χ1v) is 6.31. The average molecular weight is 261 g/mol. The summed E-state index contributed by atoms with van der Waals surface area (Å²) in [4.78, 5) is 3.10. The second-order valence-corrected chi connectivity index (χ2v) is 4.51. The molecule has 18 heavy (non-hydrogen) atoms. The number of hydrogen-bond donors (Lipinski definition) is 1. The van der Waals surface area contributed by atoms with Gasteiger partial charge in [0, 0.05) is 6.61 Å². The summed E-state index contributed by atoms with van der Waals surface area (Å²) in [6.45, 7) is 5.31. The van der Waals surface area contributed by atoms with Crippen LogP contribution in [0.15, 0.2) is 18.2 Å². The lowest BCUT2D eigenvalue weighted by Gasteiger charge is -2.14. The van der Waals surface area contributed by atoms with Crippen molar-refractivity contribution in [3.8, 4) is 6.07 Å². The third-order valence-electron chi connectivity index (χ3n) is 2.88. The number of imidazole rings is 1. The summed E-state index contributed by atoms with van der Waals surface area (Å²) in [5.74, 6) is 0. The largest absolute Gasteiger partial charge is 0.380 e. The highest BCUT2D eigenvalue weighted by molar-refractivity contribution is 7.71. The highest BCUT2D eigenvalue weighted by atomic mass is 32.1. The van der Waals surface area contributed by atoms with Gasteiger partial charge in [0.2, 0.25) is 0 Å². The normalized spacial score (nSPS) is 12.5. The van der Waals surface area contributed by atoms with Gasteiger partial charge in [-0.25, -0.2) is 0 Å². The van der Waals surface area contributed by atoms with Gasteiger partial charge in [-0.2, -0.15) is 5.26 Å². The maximum atomic E-state index is 9.08. The van der Waals surface area contributed by atoms with Crippen molar-refractivity contribution < 1.29 is 4.74 Å². The van der Waals surface area contributed by atoms with Gasteiger partial charge in [-0.15, -0.1) is 0 Å². The fourth-order valence-corrected chi connectivity index (χ4v) is 2.42. The molecule has 0 aliphatic carbocycles. The fourth-order valence-electron chi connectivity index (χ4n) is 2.04. The van der Waals surface area contributed by atoms with Crippen LogP contribution in [0.2, 0.25) is 0 Å². The van der Waals surface area contributed by atoms with Crippen molar-refractivity contribution in [3.05, 3.63) is 28.5 Å². The Morgan fingerprint density at radius 3 is 3.00 bits per heavy atom. The molecule has 1 unspecified atom stereocenters. The number of nitriles is 1. The minimum absolute atomic E-state index is 0.139. The molecule has 5 heteroatoms. The first-order valence-electron chi connectivity index (χ1n) is 5.90. The molecule has 2 rings (SSSR count). The summed E-state index contributed by atoms with van der Waals surface area (Å²) in [5, 5.41) is 9.08. The zero-order valence-corrected chi connectivity index (χ0v) is 11.3. The van der Waals surface area contributed by atoms with Crippen molar-refractivity contribution in [2.75, 3.05) is 13.2 Å². The molecule has 1 aromatic heterocycles. The second-order valence-electron chi connectivity index (χ2n) is 4.12. The van der Waals surface area contributed by atoms with E-state index in [1.54, 1.807) is 6.07 Å². The molecular formula is C13H15N3OS. The minimum Gasteiger partial charge on any atom is -0.380 e. The van der Waals surface area contributed by atoms with Gasteiger partial charge < -0.3 is 14.3 Å². The number of ether oxygens (including phenoxy) is 1. The van der Waals surface area contributed by atoms with Crippen LogP contribution >= 0.6 is 12.2 Å². The molecule has 0 aliphatic heterocycles. The van der Waals surface area contributed by atoms with Crippen LogP contribution in [0.4, 0.5) is 0 Å². The number of aromatic amines is 1. The molecule has 1 aromatic carbocycles. The Kier molecular flexibility index (Phi) is 3.80. The zero-order chi connectivity index (χ0) is 13.1. The molecule has 0 saturated carbocycles. The fraction of sp³-hybridized carbons (Fsp3) is 0.385. The Morgan fingerprint density at radius 2 is 2.33 bits per heavy atom. The van der Waals surface area contributed by atoms with Gasteiger partial charge in [0.1, 0.15) is 6.07 Å². The summed E-state index contributed by atoms with van der Waals surface area (Å²) >= 11 is 5.33. The summed E-state index contributed by atoms with van der Waals surface area (Å²) in [6.07, 6.45) is 0. The Morgan fingerprint density at radius 1 is 1.56 bits per heavy atom. The van der Waals surface area contributed by atoms with Crippen molar-refractivity contribution >= 4 is 23.3 Å². The number of benzene rings is 1. The molecule has 0 spiro atoms. The maximum Gasteiger partial charge on any atom is 0.178 e. The number of nitrogens with one attached hydrogen (secondary N) is 1. The molecule has 0 aliphatic rings. The van der Waals surface area contributed by atoms with Crippen molar-refractivity contribution in [2.24, 2.45) is 0 Å². The van der Waals surface area contributed by atoms with Gasteiger partial charge in [-0.05, 0) is 38.2 Å². The lowest BCUT2D eigenvalue weighted by molar-refractivity contribution is 0.119. The van der Waals surface area contributed by atoms with Crippen LogP contribution < -0.4 is 0 Å². The number of H-pyrrole nitrogens is 1. The third-order valence-corrected chi connectivity index (χ3v) is 3.18. The highest BCUT2D eigenvalue weighted by Gasteiger charge is 2.13. The monoisotopic (exact) mass is 261 g/mol. The summed E-state index contributed by atoms with van der Waals surface area (Å²) in [7, 11) is 0. The molecule has 1 N–H and O–H groups in total. The first kappa shape index (κ1) is 12.8. The quantitative estimate of drug-likeness (QED) is 0.860. The molecule has 0 fully saturated rings. The van der Waals surface area contributed by atoms with Crippen LogP contribution in [0, 0.1) is 16.1 Å². The van der Waals surface area contributed by atoms with E-state index in [4.69, 9.17) is 22.2 Å². The topological polar surface area (TPSA) is 53.7 Å². The number of fused-ring (bicyclic) bond motifs is 1. The highest BCUT2D eigenvalue weighted by Crippen LogP contribution is 2.21. The van der Waals surface area contributed by atoms with Gasteiger partial charge in [0.05, 0.1) is 29.2 Å². The first-order chi connectivity index (χ1) is 8.69. The van der Waals surface area contributed by atoms with Gasteiger partial charge in [0.25, 0.3) is 0 Å². The van der Waals surface area contributed by atoms with E-state index >= 15 is 0 Å². The predicted molar refractivity (Wildman–Crippen MR) is 73.0 cm³/mol. The number of hydrogen-bond acceptors (Lipinski definition) is 3. The van der Waals surface area contributed by atoms with E-state index in [9.17, 15) is 0 Å². The van der Waals surface area contributed by atoms with Crippen LogP contribution in [-0.4, -0.2) is 22.8 Å². The molecule has 0 radical (unpaired) electrons. The lowest BCUT2D eigenvalue weighted by Crippen LogP contribution is -2.12. The molecule has 94 valence electrons. The van der Waals surface area contributed by atoms with Crippen LogP contribution in [0.1, 0.15) is 25.5 Å². The molecule has 1 heterocycles. The smallest absolute Gasteiger partial charge is 0.178 e. The SMILES string of the molecule is CCOCC(C)n1c(=S)[nH]c2c(C#N)cccc21. The molecule has 4 nitrogen and oxygen atoms in total. The van der Waals surface area contributed by atoms with E-state index < -0.39 is 0 Å². The van der Waals surface area contributed by atoms with Crippen LogP contribution in [0.25, 0.3) is 11.0 Å².